The third-order valence-electron chi connectivity index (χ3n) is 6.00. The van der Waals surface area contributed by atoms with Crippen LogP contribution >= 0.6 is 0 Å². The smallest absolute Gasteiger partial charge is 0.412 e. The second kappa shape index (κ2) is 13.2. The molecule has 2 aromatic rings. The van der Waals surface area contributed by atoms with Gasteiger partial charge in [-0.15, -0.1) is 0 Å². The number of benzene rings is 2. The number of amides is 2. The molecule has 1 heterocycles. The summed E-state index contributed by atoms with van der Waals surface area (Å²) in [5.41, 5.74) is 1.98. The van der Waals surface area contributed by atoms with Crippen molar-refractivity contribution < 1.29 is 28.2 Å². The predicted octanol–water partition coefficient (Wildman–Crippen LogP) is 5.23. The fourth-order valence-corrected chi connectivity index (χ4v) is 4.33. The summed E-state index contributed by atoms with van der Waals surface area (Å²) in [6, 6.07) is 14.4. The normalized spacial score (nSPS) is 17.8. The van der Waals surface area contributed by atoms with Gasteiger partial charge in [0.15, 0.2) is 0 Å². The van der Waals surface area contributed by atoms with Crippen LogP contribution in [0.1, 0.15) is 44.7 Å². The summed E-state index contributed by atoms with van der Waals surface area (Å²) in [6.45, 7) is 8.27. The number of nitrogens with one attached hydrogen (secondary N) is 2. The highest BCUT2D eigenvalue weighted by atomic mass is 19.1. The molecule has 0 aromatic heterocycles. The second-order valence-electron chi connectivity index (χ2n) is 10.1. The Bertz CT molecular complexity index is 1140. The molecule has 1 aliphatic heterocycles. The van der Waals surface area contributed by atoms with Crippen molar-refractivity contribution in [3.63, 3.8) is 0 Å². The van der Waals surface area contributed by atoms with Crippen molar-refractivity contribution in [1.29, 1.82) is 0 Å². The van der Waals surface area contributed by atoms with Crippen molar-refractivity contribution in [2.75, 3.05) is 43.5 Å². The number of esters is 1. The Kier molecular flexibility index (Phi) is 10.0. The van der Waals surface area contributed by atoms with Gasteiger partial charge in [-0.25, -0.2) is 9.18 Å². The largest absolute Gasteiger partial charge is 0.466 e. The number of nitrogens with zero attached hydrogens (tertiary/aromatic N) is 1. The van der Waals surface area contributed by atoms with E-state index in [1.165, 1.54) is 6.08 Å². The molecule has 2 aromatic carbocycles. The number of anilines is 2. The minimum absolute atomic E-state index is 0.0871. The molecule has 3 rings (SSSR count). The van der Waals surface area contributed by atoms with Crippen LogP contribution in [0.5, 0.6) is 0 Å². The van der Waals surface area contributed by atoms with Gasteiger partial charge in [0.2, 0.25) is 5.91 Å². The monoisotopic (exact) mass is 525 g/mol. The summed E-state index contributed by atoms with van der Waals surface area (Å²) in [5, 5.41) is 5.42. The van der Waals surface area contributed by atoms with Gasteiger partial charge in [-0.2, -0.15) is 0 Å². The van der Waals surface area contributed by atoms with Crippen molar-refractivity contribution in [3.05, 3.63) is 65.7 Å². The molecule has 2 unspecified atom stereocenters. The van der Waals surface area contributed by atoms with Gasteiger partial charge in [-0.05, 0) is 57.0 Å². The topological polar surface area (TPSA) is 97.0 Å². The van der Waals surface area contributed by atoms with Gasteiger partial charge in [-0.1, -0.05) is 36.4 Å². The number of alkyl halides is 1. The molecule has 9 heteroatoms. The predicted molar refractivity (Wildman–Crippen MR) is 146 cm³/mol. The Hall–Kier alpha value is -3.72. The van der Waals surface area contributed by atoms with Crippen LogP contribution < -0.4 is 10.6 Å². The van der Waals surface area contributed by atoms with Crippen LogP contribution in [-0.2, 0) is 19.1 Å². The Morgan fingerprint density at radius 3 is 2.29 bits per heavy atom. The summed E-state index contributed by atoms with van der Waals surface area (Å²) in [6.07, 6.45) is 2.46. The Balaban J connectivity index is 1.64. The Morgan fingerprint density at radius 2 is 1.68 bits per heavy atom. The van der Waals surface area contributed by atoms with Gasteiger partial charge < -0.3 is 14.8 Å². The molecule has 2 amide bonds. The van der Waals surface area contributed by atoms with Crippen LogP contribution in [0.25, 0.3) is 6.08 Å². The summed E-state index contributed by atoms with van der Waals surface area (Å²) >= 11 is 0. The molecule has 1 aliphatic rings. The summed E-state index contributed by atoms with van der Waals surface area (Å²) in [5.74, 6) is -1.06. The van der Waals surface area contributed by atoms with E-state index in [-0.39, 0.29) is 23.7 Å². The van der Waals surface area contributed by atoms with Crippen LogP contribution in [-0.4, -0.2) is 61.4 Å². The van der Waals surface area contributed by atoms with E-state index in [1.807, 2.05) is 29.2 Å². The van der Waals surface area contributed by atoms with Crippen molar-refractivity contribution in [1.82, 2.24) is 4.90 Å². The quantitative estimate of drug-likeness (QED) is 0.344. The van der Waals surface area contributed by atoms with Gasteiger partial charge in [0.1, 0.15) is 12.3 Å². The van der Waals surface area contributed by atoms with Crippen molar-refractivity contribution in [2.24, 2.45) is 5.92 Å². The molecule has 1 saturated heterocycles. The molecule has 38 heavy (non-hydrogen) atoms. The van der Waals surface area contributed by atoms with E-state index < -0.39 is 18.4 Å². The van der Waals surface area contributed by atoms with E-state index in [4.69, 9.17) is 9.47 Å². The highest BCUT2D eigenvalue weighted by Gasteiger charge is 2.39. The number of halogens is 1. The average Bonchev–Trinajstić information content (AvgIpc) is 3.28. The van der Waals surface area contributed by atoms with Crippen molar-refractivity contribution >= 4 is 35.4 Å². The first kappa shape index (κ1) is 28.8. The van der Waals surface area contributed by atoms with Crippen LogP contribution in [0.2, 0.25) is 0 Å². The SMILES string of the molecule is CCOC(=O)C1CN(CCF)CC1c1ccc(C=CC(=O)Nc2ccccc2NC(=O)OC(C)(C)C)cc1. The lowest BCUT2D eigenvalue weighted by Crippen LogP contribution is -2.27. The highest BCUT2D eigenvalue weighted by molar-refractivity contribution is 6.05. The molecule has 1 fully saturated rings. The average molecular weight is 526 g/mol. The number of rotatable bonds is 9. The van der Waals surface area contributed by atoms with E-state index >= 15 is 0 Å². The summed E-state index contributed by atoms with van der Waals surface area (Å²) in [4.78, 5) is 39.1. The van der Waals surface area contributed by atoms with E-state index in [1.54, 1.807) is 58.0 Å². The molecule has 0 aliphatic carbocycles. The third-order valence-corrected chi connectivity index (χ3v) is 6.00. The number of likely N-dealkylation sites (tertiary alicyclic amines) is 1. The van der Waals surface area contributed by atoms with E-state index in [0.29, 0.717) is 37.6 Å². The van der Waals surface area contributed by atoms with E-state index in [2.05, 4.69) is 10.6 Å². The maximum Gasteiger partial charge on any atom is 0.412 e. The van der Waals surface area contributed by atoms with Gasteiger partial charge in [0, 0.05) is 31.6 Å². The third kappa shape index (κ3) is 8.41. The van der Waals surface area contributed by atoms with Gasteiger partial charge in [0.25, 0.3) is 0 Å². The molecule has 204 valence electrons. The summed E-state index contributed by atoms with van der Waals surface area (Å²) < 4.78 is 23.4. The van der Waals surface area contributed by atoms with Gasteiger partial charge in [-0.3, -0.25) is 19.8 Å². The first-order chi connectivity index (χ1) is 18.1. The molecule has 0 radical (unpaired) electrons. The number of para-hydroxylation sites is 2. The Morgan fingerprint density at radius 1 is 1.03 bits per heavy atom. The molecule has 0 spiro atoms. The molecular weight excluding hydrogens is 489 g/mol. The van der Waals surface area contributed by atoms with Crippen LogP contribution in [0, 0.1) is 5.92 Å². The lowest BCUT2D eigenvalue weighted by molar-refractivity contribution is -0.148. The van der Waals surface area contributed by atoms with Crippen molar-refractivity contribution in [2.45, 2.75) is 39.2 Å². The molecule has 2 atom stereocenters. The number of carbonyl (C=O) groups is 3. The highest BCUT2D eigenvalue weighted by Crippen LogP contribution is 2.34. The van der Waals surface area contributed by atoms with E-state index in [9.17, 15) is 18.8 Å². The lowest BCUT2D eigenvalue weighted by Gasteiger charge is -2.20. The zero-order valence-electron chi connectivity index (χ0n) is 22.3. The fourth-order valence-electron chi connectivity index (χ4n) is 4.33. The van der Waals surface area contributed by atoms with Gasteiger partial charge in [0.05, 0.1) is 23.9 Å². The lowest BCUT2D eigenvalue weighted by atomic mass is 9.88. The number of ether oxygens (including phenoxy) is 2. The molecule has 2 N–H and O–H groups in total. The van der Waals surface area contributed by atoms with Crippen LogP contribution in [0.3, 0.4) is 0 Å². The molecule has 0 bridgehead atoms. The van der Waals surface area contributed by atoms with Gasteiger partial charge >= 0.3 is 12.1 Å². The molecule has 8 nitrogen and oxygen atoms in total. The summed E-state index contributed by atoms with van der Waals surface area (Å²) in [7, 11) is 0. The van der Waals surface area contributed by atoms with Crippen molar-refractivity contribution in [3.8, 4) is 0 Å². The van der Waals surface area contributed by atoms with Crippen LogP contribution in [0.15, 0.2) is 54.6 Å². The first-order valence-electron chi connectivity index (χ1n) is 12.7. The zero-order chi connectivity index (χ0) is 27.7. The fraction of sp³-hybridized carbons (Fsp3) is 0.414. The zero-order valence-corrected chi connectivity index (χ0v) is 22.3. The first-order valence-corrected chi connectivity index (χ1v) is 12.7. The van der Waals surface area contributed by atoms with Crippen LogP contribution in [0.4, 0.5) is 20.6 Å². The molecular formula is C29H36FN3O5. The van der Waals surface area contributed by atoms with E-state index in [0.717, 1.165) is 11.1 Å². The minimum Gasteiger partial charge on any atom is -0.466 e. The Labute approximate surface area is 223 Å². The minimum atomic E-state index is -0.647. The number of hydrogen-bond donors (Lipinski definition) is 2. The molecule has 0 saturated carbocycles. The number of hydrogen-bond acceptors (Lipinski definition) is 6. The second-order valence-corrected chi connectivity index (χ2v) is 10.1. The maximum atomic E-state index is 12.9. The maximum absolute atomic E-state index is 12.9. The standard InChI is InChI=1S/C29H36FN3O5/c1-5-37-27(35)23-19-33(17-16-30)18-22(23)21-13-10-20(11-14-21)12-15-26(34)31-24-8-6-7-9-25(24)32-28(36)38-29(2,3)4/h6-15,22-23H,5,16-19H2,1-4H3,(H,31,34)(H,32,36). The number of carbonyl (C=O) groups excluding carboxylic acids is 3.